The Bertz CT molecular complexity index is 528. The Morgan fingerprint density at radius 2 is 2.00 bits per heavy atom. The summed E-state index contributed by atoms with van der Waals surface area (Å²) in [5.74, 6) is 0. The van der Waals surface area contributed by atoms with Crippen LogP contribution >= 0.6 is 0 Å². The van der Waals surface area contributed by atoms with Gasteiger partial charge < -0.3 is 14.5 Å². The molecule has 1 aromatic carbocycles. The number of hydrogen-bond acceptors (Lipinski definition) is 2. The van der Waals surface area contributed by atoms with Gasteiger partial charge in [0.25, 0.3) is 0 Å². The molecule has 4 heteroatoms. The number of ether oxygens (including phenoxy) is 1. The molecule has 1 aromatic rings. The molecule has 0 aliphatic carbocycles. The molecule has 1 amide bonds. The fourth-order valence-electron chi connectivity index (χ4n) is 2.59. The second kappa shape index (κ2) is 6.17. The quantitative estimate of drug-likeness (QED) is 0.730. The van der Waals surface area contributed by atoms with Crippen molar-refractivity contribution in [3.05, 3.63) is 47.3 Å². The molecule has 2 rings (SSSR count). The smallest absolute Gasteiger partial charge is 0.410 e. The van der Waals surface area contributed by atoms with Gasteiger partial charge in [-0.05, 0) is 26.3 Å². The Balaban J connectivity index is 2.22. The topological polar surface area (TPSA) is 33.9 Å². The van der Waals surface area contributed by atoms with Gasteiger partial charge in [0.1, 0.15) is 5.60 Å². The minimum Gasteiger partial charge on any atom is -0.444 e. The summed E-state index contributed by atoms with van der Waals surface area (Å²) >= 11 is 0. The lowest BCUT2D eigenvalue weighted by Crippen LogP contribution is -2.44. The van der Waals surface area contributed by atoms with Crippen molar-refractivity contribution >= 4 is 6.09 Å². The lowest BCUT2D eigenvalue weighted by molar-refractivity contribution is 0.00902. The number of rotatable bonds is 1. The van der Waals surface area contributed by atoms with E-state index in [0.29, 0.717) is 19.4 Å². The molecule has 2 unspecified atom stereocenters. The third kappa shape index (κ3) is 3.98. The van der Waals surface area contributed by atoms with Crippen LogP contribution in [0.2, 0.25) is 0 Å². The standard InChI is InChI=1S/C17H22N2O2/c1-17(2,3)21-16(20)19-11-10-14(18-4)12-15(19)13-8-6-5-7-9-13/h5-9,14-15H,10-12H2,1-3H3. The number of benzene rings is 1. The summed E-state index contributed by atoms with van der Waals surface area (Å²) in [4.78, 5) is 17.8. The van der Waals surface area contributed by atoms with Gasteiger partial charge in [-0.2, -0.15) is 0 Å². The number of nitrogens with zero attached hydrogens (tertiary/aromatic N) is 2. The van der Waals surface area contributed by atoms with Crippen molar-refractivity contribution in [2.75, 3.05) is 6.54 Å². The normalized spacial score (nSPS) is 22.5. The molecule has 0 saturated carbocycles. The van der Waals surface area contributed by atoms with E-state index in [0.717, 1.165) is 5.56 Å². The Morgan fingerprint density at radius 3 is 2.57 bits per heavy atom. The number of carbonyl (C=O) groups is 1. The second-order valence-electron chi connectivity index (χ2n) is 6.41. The van der Waals surface area contributed by atoms with Crippen LogP contribution in [0.25, 0.3) is 4.85 Å². The average Bonchev–Trinajstić information content (AvgIpc) is 2.45. The predicted molar refractivity (Wildman–Crippen MR) is 81.7 cm³/mol. The largest absolute Gasteiger partial charge is 0.444 e. The molecule has 0 radical (unpaired) electrons. The monoisotopic (exact) mass is 286 g/mol. The number of piperidine rings is 1. The lowest BCUT2D eigenvalue weighted by atomic mass is 9.92. The van der Waals surface area contributed by atoms with E-state index >= 15 is 0 Å². The highest BCUT2D eigenvalue weighted by atomic mass is 16.6. The SMILES string of the molecule is [C-]#[N+]C1CCN(C(=O)OC(C)(C)C)C(c2ccccc2)C1. The Labute approximate surface area is 126 Å². The fraction of sp³-hybridized carbons (Fsp3) is 0.529. The van der Waals surface area contributed by atoms with Crippen LogP contribution in [0.3, 0.4) is 0 Å². The number of carbonyl (C=O) groups excluding carboxylic acids is 1. The molecule has 1 aliphatic heterocycles. The van der Waals surface area contributed by atoms with Crippen LogP contribution < -0.4 is 0 Å². The van der Waals surface area contributed by atoms with Gasteiger partial charge in [-0.3, -0.25) is 0 Å². The molecule has 1 heterocycles. The third-order valence-electron chi connectivity index (χ3n) is 3.57. The summed E-state index contributed by atoms with van der Waals surface area (Å²) in [6.07, 6.45) is 1.10. The average molecular weight is 286 g/mol. The molecule has 0 N–H and O–H groups in total. The first-order valence-electron chi connectivity index (χ1n) is 7.32. The molecule has 2 atom stereocenters. The summed E-state index contributed by atoms with van der Waals surface area (Å²) in [7, 11) is 0. The van der Waals surface area contributed by atoms with Crippen molar-refractivity contribution in [2.45, 2.75) is 51.3 Å². The Kier molecular flexibility index (Phi) is 4.52. The van der Waals surface area contributed by atoms with Crippen molar-refractivity contribution in [1.82, 2.24) is 4.90 Å². The predicted octanol–water partition coefficient (Wildman–Crippen LogP) is 4.05. The molecule has 112 valence electrons. The highest BCUT2D eigenvalue weighted by molar-refractivity contribution is 5.69. The Morgan fingerprint density at radius 1 is 1.33 bits per heavy atom. The van der Waals surface area contributed by atoms with E-state index in [4.69, 9.17) is 11.3 Å². The summed E-state index contributed by atoms with van der Waals surface area (Å²) in [6, 6.07) is 9.80. The second-order valence-corrected chi connectivity index (χ2v) is 6.41. The van der Waals surface area contributed by atoms with Gasteiger partial charge in [0.05, 0.1) is 6.04 Å². The minimum atomic E-state index is -0.505. The van der Waals surface area contributed by atoms with E-state index in [1.54, 1.807) is 4.90 Å². The van der Waals surface area contributed by atoms with Crippen LogP contribution in [0.15, 0.2) is 30.3 Å². The van der Waals surface area contributed by atoms with E-state index in [1.165, 1.54) is 0 Å². The van der Waals surface area contributed by atoms with Crippen molar-refractivity contribution in [1.29, 1.82) is 0 Å². The molecule has 1 aliphatic rings. The zero-order valence-corrected chi connectivity index (χ0v) is 12.9. The molecular formula is C17H22N2O2. The maximum Gasteiger partial charge on any atom is 0.410 e. The van der Waals surface area contributed by atoms with Crippen molar-refractivity contribution in [3.63, 3.8) is 0 Å². The summed E-state index contributed by atoms with van der Waals surface area (Å²) in [5, 5.41) is 0. The first-order valence-corrected chi connectivity index (χ1v) is 7.32. The van der Waals surface area contributed by atoms with Crippen LogP contribution in [-0.2, 0) is 4.74 Å². The molecule has 0 spiro atoms. The van der Waals surface area contributed by atoms with Crippen LogP contribution in [0.5, 0.6) is 0 Å². The maximum absolute atomic E-state index is 12.4. The van der Waals surface area contributed by atoms with Gasteiger partial charge in [0.15, 0.2) is 0 Å². The molecule has 1 saturated heterocycles. The highest BCUT2D eigenvalue weighted by Gasteiger charge is 2.37. The summed E-state index contributed by atoms with van der Waals surface area (Å²) in [5.41, 5.74) is 0.561. The zero-order valence-electron chi connectivity index (χ0n) is 12.9. The Hall–Kier alpha value is -2.02. The van der Waals surface area contributed by atoms with Gasteiger partial charge in [0, 0.05) is 19.4 Å². The molecule has 0 bridgehead atoms. The molecule has 4 nitrogen and oxygen atoms in total. The van der Waals surface area contributed by atoms with E-state index in [-0.39, 0.29) is 18.2 Å². The molecule has 21 heavy (non-hydrogen) atoms. The first-order chi connectivity index (χ1) is 9.90. The van der Waals surface area contributed by atoms with Crippen molar-refractivity contribution in [2.24, 2.45) is 0 Å². The summed E-state index contributed by atoms with van der Waals surface area (Å²) < 4.78 is 5.51. The van der Waals surface area contributed by atoms with Crippen LogP contribution in [-0.4, -0.2) is 29.2 Å². The van der Waals surface area contributed by atoms with E-state index in [9.17, 15) is 4.79 Å². The molecule has 1 fully saturated rings. The molecule has 0 aromatic heterocycles. The third-order valence-corrected chi connectivity index (χ3v) is 3.57. The van der Waals surface area contributed by atoms with Crippen molar-refractivity contribution < 1.29 is 9.53 Å². The fourth-order valence-corrected chi connectivity index (χ4v) is 2.59. The highest BCUT2D eigenvalue weighted by Crippen LogP contribution is 2.33. The van der Waals surface area contributed by atoms with Crippen LogP contribution in [0.4, 0.5) is 4.79 Å². The number of likely N-dealkylation sites (tertiary alicyclic amines) is 1. The van der Waals surface area contributed by atoms with Gasteiger partial charge in [-0.1, -0.05) is 30.3 Å². The summed E-state index contributed by atoms with van der Waals surface area (Å²) in [6.45, 7) is 13.4. The minimum absolute atomic E-state index is 0.0195. The molecular weight excluding hydrogens is 264 g/mol. The number of amides is 1. The van der Waals surface area contributed by atoms with Crippen LogP contribution in [0, 0.1) is 6.57 Å². The van der Waals surface area contributed by atoms with Crippen LogP contribution in [0.1, 0.15) is 45.2 Å². The van der Waals surface area contributed by atoms with Gasteiger partial charge in [-0.15, -0.1) is 0 Å². The van der Waals surface area contributed by atoms with Gasteiger partial charge in [-0.25, -0.2) is 11.4 Å². The maximum atomic E-state index is 12.4. The first kappa shape index (κ1) is 15.4. The van der Waals surface area contributed by atoms with Crippen molar-refractivity contribution in [3.8, 4) is 0 Å². The van der Waals surface area contributed by atoms with Gasteiger partial charge >= 0.3 is 6.09 Å². The number of hydrogen-bond donors (Lipinski definition) is 0. The zero-order chi connectivity index (χ0) is 15.5. The van der Waals surface area contributed by atoms with E-state index in [2.05, 4.69) is 4.85 Å². The van der Waals surface area contributed by atoms with Gasteiger partial charge in [0.2, 0.25) is 6.04 Å². The van der Waals surface area contributed by atoms with E-state index in [1.807, 2.05) is 51.1 Å². The lowest BCUT2D eigenvalue weighted by Gasteiger charge is -2.37. The van der Waals surface area contributed by atoms with E-state index < -0.39 is 5.60 Å².